The maximum Gasteiger partial charge on any atom is 0.0307 e. The minimum Gasteiger partial charge on any atom is -0.324 e. The molecule has 1 unspecified atom stereocenters. The number of piperazine rings is 1. The van der Waals surface area contributed by atoms with Crippen LogP contribution in [0.4, 0.5) is 0 Å². The summed E-state index contributed by atoms with van der Waals surface area (Å²) >= 11 is 3.48. The van der Waals surface area contributed by atoms with Crippen molar-refractivity contribution < 1.29 is 0 Å². The summed E-state index contributed by atoms with van der Waals surface area (Å²) in [4.78, 5) is 2.48. The predicted molar refractivity (Wildman–Crippen MR) is 75.0 cm³/mol. The van der Waals surface area contributed by atoms with E-state index in [4.69, 9.17) is 5.73 Å². The average Bonchev–Trinajstić information content (AvgIpc) is 2.37. The molecule has 1 aromatic rings. The molecule has 0 aliphatic carbocycles. The van der Waals surface area contributed by atoms with Crippen LogP contribution in [-0.2, 0) is 0 Å². The summed E-state index contributed by atoms with van der Waals surface area (Å²) in [7, 11) is 0. The highest BCUT2D eigenvalue weighted by Gasteiger charge is 2.12. The summed E-state index contributed by atoms with van der Waals surface area (Å²) in [6, 6.07) is 8.44. The molecule has 2 rings (SSSR count). The highest BCUT2D eigenvalue weighted by atomic mass is 79.9. The van der Waals surface area contributed by atoms with Gasteiger partial charge in [-0.05, 0) is 24.1 Å². The molecule has 1 fully saturated rings. The third kappa shape index (κ3) is 4.07. The first-order chi connectivity index (χ1) is 8.25. The van der Waals surface area contributed by atoms with Gasteiger partial charge >= 0.3 is 0 Å². The average molecular weight is 298 g/mol. The molecule has 1 heterocycles. The van der Waals surface area contributed by atoms with Gasteiger partial charge < -0.3 is 16.0 Å². The van der Waals surface area contributed by atoms with Gasteiger partial charge in [0.1, 0.15) is 0 Å². The topological polar surface area (TPSA) is 41.3 Å². The lowest BCUT2D eigenvalue weighted by atomic mass is 10.0. The Morgan fingerprint density at radius 1 is 1.35 bits per heavy atom. The molecule has 3 N–H and O–H groups in total. The van der Waals surface area contributed by atoms with Crippen molar-refractivity contribution in [3.8, 4) is 0 Å². The molecule has 0 spiro atoms. The number of benzene rings is 1. The standard InChI is InChI=1S/C13H20BrN3/c14-12-3-1-2-11(10-12)13(15)4-7-17-8-5-16-6-9-17/h1-3,10,13,16H,4-9,15H2. The number of rotatable bonds is 4. The van der Waals surface area contributed by atoms with Gasteiger partial charge in [-0.1, -0.05) is 28.1 Å². The number of nitrogens with zero attached hydrogens (tertiary/aromatic N) is 1. The molecular formula is C13H20BrN3. The Kier molecular flexibility index (Phi) is 4.98. The predicted octanol–water partition coefficient (Wildman–Crippen LogP) is 1.74. The first kappa shape index (κ1) is 13.0. The third-order valence-corrected chi connectivity index (χ3v) is 3.74. The van der Waals surface area contributed by atoms with Crippen LogP contribution in [0.2, 0.25) is 0 Å². The zero-order valence-electron chi connectivity index (χ0n) is 10.0. The maximum absolute atomic E-state index is 6.22. The lowest BCUT2D eigenvalue weighted by Crippen LogP contribution is -2.44. The Morgan fingerprint density at radius 3 is 2.82 bits per heavy atom. The van der Waals surface area contributed by atoms with E-state index >= 15 is 0 Å². The largest absolute Gasteiger partial charge is 0.324 e. The number of nitrogens with one attached hydrogen (secondary N) is 1. The molecule has 4 heteroatoms. The fourth-order valence-electron chi connectivity index (χ4n) is 2.16. The molecule has 0 saturated carbocycles. The highest BCUT2D eigenvalue weighted by Crippen LogP contribution is 2.19. The molecule has 3 nitrogen and oxygen atoms in total. The van der Waals surface area contributed by atoms with Crippen LogP contribution in [-0.4, -0.2) is 37.6 Å². The van der Waals surface area contributed by atoms with E-state index in [1.165, 1.54) is 5.56 Å². The summed E-state index contributed by atoms with van der Waals surface area (Å²) in [6.07, 6.45) is 1.02. The third-order valence-electron chi connectivity index (χ3n) is 3.24. The van der Waals surface area contributed by atoms with E-state index in [1.54, 1.807) is 0 Å². The Bertz CT molecular complexity index is 350. The first-order valence-electron chi connectivity index (χ1n) is 6.20. The van der Waals surface area contributed by atoms with Crippen molar-refractivity contribution in [2.75, 3.05) is 32.7 Å². The summed E-state index contributed by atoms with van der Waals surface area (Å²) in [5.41, 5.74) is 7.44. The van der Waals surface area contributed by atoms with Crippen molar-refractivity contribution in [3.05, 3.63) is 34.3 Å². The van der Waals surface area contributed by atoms with Crippen LogP contribution in [0.1, 0.15) is 18.0 Å². The summed E-state index contributed by atoms with van der Waals surface area (Å²) in [5.74, 6) is 0. The van der Waals surface area contributed by atoms with Crippen LogP contribution >= 0.6 is 15.9 Å². The van der Waals surface area contributed by atoms with Gasteiger partial charge in [0.25, 0.3) is 0 Å². The van der Waals surface area contributed by atoms with E-state index in [1.807, 2.05) is 12.1 Å². The van der Waals surface area contributed by atoms with Crippen molar-refractivity contribution in [2.24, 2.45) is 5.73 Å². The minimum atomic E-state index is 0.141. The van der Waals surface area contributed by atoms with Gasteiger partial charge in [-0.3, -0.25) is 0 Å². The minimum absolute atomic E-state index is 0.141. The fraction of sp³-hybridized carbons (Fsp3) is 0.538. The van der Waals surface area contributed by atoms with Crippen molar-refractivity contribution in [3.63, 3.8) is 0 Å². The molecule has 1 saturated heterocycles. The van der Waals surface area contributed by atoms with Gasteiger partial charge in [-0.2, -0.15) is 0 Å². The first-order valence-corrected chi connectivity index (χ1v) is 6.99. The quantitative estimate of drug-likeness (QED) is 0.890. The highest BCUT2D eigenvalue weighted by molar-refractivity contribution is 9.10. The zero-order chi connectivity index (χ0) is 12.1. The van der Waals surface area contributed by atoms with Crippen molar-refractivity contribution in [1.29, 1.82) is 0 Å². The number of hydrogen-bond acceptors (Lipinski definition) is 3. The second-order valence-corrected chi connectivity index (χ2v) is 5.46. The van der Waals surface area contributed by atoms with Crippen LogP contribution < -0.4 is 11.1 Å². The van der Waals surface area contributed by atoms with Crippen LogP contribution in [0.5, 0.6) is 0 Å². The van der Waals surface area contributed by atoms with Gasteiger partial charge in [0.15, 0.2) is 0 Å². The molecule has 0 radical (unpaired) electrons. The molecule has 0 bridgehead atoms. The second-order valence-electron chi connectivity index (χ2n) is 4.54. The van der Waals surface area contributed by atoms with Crippen LogP contribution in [0.15, 0.2) is 28.7 Å². The van der Waals surface area contributed by atoms with Gasteiger partial charge in [0.2, 0.25) is 0 Å². The zero-order valence-corrected chi connectivity index (χ0v) is 11.6. The Balaban J connectivity index is 1.82. The van der Waals surface area contributed by atoms with E-state index in [2.05, 4.69) is 38.3 Å². The van der Waals surface area contributed by atoms with Crippen LogP contribution in [0.3, 0.4) is 0 Å². The van der Waals surface area contributed by atoms with Crippen LogP contribution in [0, 0.1) is 0 Å². The number of hydrogen-bond donors (Lipinski definition) is 2. The van der Waals surface area contributed by atoms with E-state index in [-0.39, 0.29) is 6.04 Å². The molecule has 1 aliphatic heterocycles. The Hall–Kier alpha value is -0.420. The van der Waals surface area contributed by atoms with Gasteiger partial charge in [0.05, 0.1) is 0 Å². The molecule has 17 heavy (non-hydrogen) atoms. The Morgan fingerprint density at radius 2 is 2.12 bits per heavy atom. The fourth-order valence-corrected chi connectivity index (χ4v) is 2.58. The summed E-state index contributed by atoms with van der Waals surface area (Å²) in [6.45, 7) is 5.59. The second kappa shape index (κ2) is 6.50. The summed E-state index contributed by atoms with van der Waals surface area (Å²) in [5, 5.41) is 3.36. The molecule has 1 atom stereocenters. The van der Waals surface area contributed by atoms with Crippen molar-refractivity contribution in [1.82, 2.24) is 10.2 Å². The number of nitrogens with two attached hydrogens (primary N) is 1. The van der Waals surface area contributed by atoms with Crippen molar-refractivity contribution >= 4 is 15.9 Å². The van der Waals surface area contributed by atoms with E-state index in [9.17, 15) is 0 Å². The molecule has 0 amide bonds. The maximum atomic E-state index is 6.22. The van der Waals surface area contributed by atoms with Gasteiger partial charge in [0, 0.05) is 43.2 Å². The Labute approximate surface area is 111 Å². The van der Waals surface area contributed by atoms with E-state index in [0.717, 1.165) is 43.6 Å². The van der Waals surface area contributed by atoms with Crippen molar-refractivity contribution in [2.45, 2.75) is 12.5 Å². The van der Waals surface area contributed by atoms with Gasteiger partial charge in [-0.15, -0.1) is 0 Å². The molecule has 0 aromatic heterocycles. The smallest absolute Gasteiger partial charge is 0.0307 e. The molecule has 1 aromatic carbocycles. The molecular weight excluding hydrogens is 278 g/mol. The van der Waals surface area contributed by atoms with Crippen LogP contribution in [0.25, 0.3) is 0 Å². The van der Waals surface area contributed by atoms with Gasteiger partial charge in [-0.25, -0.2) is 0 Å². The number of halogens is 1. The SMILES string of the molecule is NC(CCN1CCNCC1)c1cccc(Br)c1. The molecule has 1 aliphatic rings. The molecule has 94 valence electrons. The lowest BCUT2D eigenvalue weighted by Gasteiger charge is -2.28. The van der Waals surface area contributed by atoms with E-state index < -0.39 is 0 Å². The van der Waals surface area contributed by atoms with E-state index in [0.29, 0.717) is 0 Å². The normalized spacial score (nSPS) is 19.2. The lowest BCUT2D eigenvalue weighted by molar-refractivity contribution is 0.233. The monoisotopic (exact) mass is 297 g/mol. The summed E-state index contributed by atoms with van der Waals surface area (Å²) < 4.78 is 1.10.